The Kier molecular flexibility index (Phi) is 7.59. The summed E-state index contributed by atoms with van der Waals surface area (Å²) < 4.78 is 41.4. The van der Waals surface area contributed by atoms with Crippen LogP contribution in [0.2, 0.25) is 0 Å². The first-order valence-corrected chi connectivity index (χ1v) is 8.90. The summed E-state index contributed by atoms with van der Waals surface area (Å²) in [6.07, 6.45) is 4.64. The molecule has 0 fully saturated rings. The molecule has 0 atom stereocenters. The third-order valence-corrected chi connectivity index (χ3v) is 3.96. The Labute approximate surface area is 157 Å². The standard InChI is InChI=1S/C21H22N.BF4/c1-2-3-15-22-16-14-20(18-10-6-4-7-11-18)17-21(22)19-12-8-5-9-13-19;2-1(3,4)5/h4-14,16-17H,2-3,15H2,1H3;/q+1;-1. The molecule has 0 saturated heterocycles. The molecule has 1 heterocycles. The molecule has 0 aliphatic rings. The van der Waals surface area contributed by atoms with Gasteiger partial charge in [-0.1, -0.05) is 61.9 Å². The lowest BCUT2D eigenvalue weighted by molar-refractivity contribution is -0.686. The number of pyridine rings is 1. The normalized spacial score (nSPS) is 10.9. The van der Waals surface area contributed by atoms with E-state index in [2.05, 4.69) is 90.5 Å². The molecule has 1 aromatic heterocycles. The summed E-state index contributed by atoms with van der Waals surface area (Å²) in [6.45, 7) is 3.30. The van der Waals surface area contributed by atoms with Gasteiger partial charge in [0.25, 0.3) is 0 Å². The minimum Gasteiger partial charge on any atom is -0.418 e. The van der Waals surface area contributed by atoms with Crippen LogP contribution in [0.25, 0.3) is 22.4 Å². The van der Waals surface area contributed by atoms with Gasteiger partial charge >= 0.3 is 7.25 Å². The molecular weight excluding hydrogens is 353 g/mol. The van der Waals surface area contributed by atoms with Crippen molar-refractivity contribution in [2.45, 2.75) is 26.3 Å². The third kappa shape index (κ3) is 7.25. The summed E-state index contributed by atoms with van der Waals surface area (Å²) in [5, 5.41) is 0. The van der Waals surface area contributed by atoms with Gasteiger partial charge in [-0.3, -0.25) is 0 Å². The smallest absolute Gasteiger partial charge is 0.418 e. The monoisotopic (exact) mass is 375 g/mol. The van der Waals surface area contributed by atoms with Gasteiger partial charge in [0.1, 0.15) is 6.54 Å². The molecule has 3 rings (SSSR count). The van der Waals surface area contributed by atoms with Crippen LogP contribution < -0.4 is 4.57 Å². The maximum atomic E-state index is 9.75. The van der Waals surface area contributed by atoms with E-state index in [0.717, 1.165) is 6.54 Å². The van der Waals surface area contributed by atoms with Gasteiger partial charge in [0.15, 0.2) is 6.20 Å². The maximum Gasteiger partial charge on any atom is 0.673 e. The molecule has 0 aliphatic heterocycles. The molecule has 0 unspecified atom stereocenters. The Bertz CT molecular complexity index is 815. The van der Waals surface area contributed by atoms with Crippen LogP contribution >= 0.6 is 0 Å². The van der Waals surface area contributed by atoms with Gasteiger partial charge < -0.3 is 17.3 Å². The maximum absolute atomic E-state index is 9.75. The van der Waals surface area contributed by atoms with E-state index in [-0.39, 0.29) is 0 Å². The van der Waals surface area contributed by atoms with Crippen molar-refractivity contribution in [2.75, 3.05) is 0 Å². The van der Waals surface area contributed by atoms with E-state index in [1.54, 1.807) is 0 Å². The van der Waals surface area contributed by atoms with Crippen LogP contribution in [-0.2, 0) is 6.54 Å². The van der Waals surface area contributed by atoms with E-state index in [1.807, 2.05) is 0 Å². The first-order chi connectivity index (χ1) is 12.9. The number of nitrogens with zero attached hydrogens (tertiary/aromatic N) is 1. The highest BCUT2D eigenvalue weighted by molar-refractivity contribution is 6.50. The predicted molar refractivity (Wildman–Crippen MR) is 103 cm³/mol. The van der Waals surface area contributed by atoms with Crippen molar-refractivity contribution in [2.24, 2.45) is 0 Å². The average Bonchev–Trinajstić information content (AvgIpc) is 2.66. The minimum absolute atomic E-state index is 1.07. The Balaban J connectivity index is 0.000000465. The number of hydrogen-bond donors (Lipinski definition) is 0. The van der Waals surface area contributed by atoms with E-state index in [9.17, 15) is 17.3 Å². The van der Waals surface area contributed by atoms with Crippen LogP contribution in [0.5, 0.6) is 0 Å². The molecule has 3 aromatic rings. The number of aromatic nitrogens is 1. The van der Waals surface area contributed by atoms with Crippen LogP contribution in [0.3, 0.4) is 0 Å². The highest BCUT2D eigenvalue weighted by Gasteiger charge is 2.20. The van der Waals surface area contributed by atoms with Crippen molar-refractivity contribution in [3.8, 4) is 22.4 Å². The summed E-state index contributed by atoms with van der Waals surface area (Å²) >= 11 is 0. The fourth-order valence-corrected chi connectivity index (χ4v) is 2.72. The van der Waals surface area contributed by atoms with Gasteiger partial charge in [0, 0.05) is 24.1 Å². The number of benzene rings is 2. The van der Waals surface area contributed by atoms with Crippen LogP contribution in [0.4, 0.5) is 17.3 Å². The van der Waals surface area contributed by atoms with Gasteiger partial charge in [-0.2, -0.15) is 4.57 Å². The van der Waals surface area contributed by atoms with Gasteiger partial charge in [-0.15, -0.1) is 0 Å². The lowest BCUT2D eigenvalue weighted by Gasteiger charge is -2.07. The van der Waals surface area contributed by atoms with Crippen LogP contribution in [0.1, 0.15) is 19.8 Å². The molecular formula is C21H22BF4N. The molecule has 0 spiro atoms. The number of halogens is 4. The number of hydrogen-bond acceptors (Lipinski definition) is 0. The lowest BCUT2D eigenvalue weighted by Crippen LogP contribution is -2.35. The predicted octanol–water partition coefficient (Wildman–Crippen LogP) is 6.41. The average molecular weight is 375 g/mol. The van der Waals surface area contributed by atoms with Crippen molar-refractivity contribution in [1.82, 2.24) is 0 Å². The number of rotatable bonds is 5. The Hall–Kier alpha value is -2.63. The summed E-state index contributed by atoms with van der Waals surface area (Å²) in [5.41, 5.74) is 5.10. The zero-order valence-corrected chi connectivity index (χ0v) is 15.2. The molecule has 0 aliphatic carbocycles. The second-order valence-electron chi connectivity index (χ2n) is 6.07. The van der Waals surface area contributed by atoms with Gasteiger partial charge in [0.2, 0.25) is 5.69 Å². The zero-order valence-electron chi connectivity index (χ0n) is 15.2. The third-order valence-electron chi connectivity index (χ3n) is 3.96. The molecule has 0 radical (unpaired) electrons. The van der Waals surface area contributed by atoms with Crippen molar-refractivity contribution in [1.29, 1.82) is 0 Å². The fourth-order valence-electron chi connectivity index (χ4n) is 2.72. The fraction of sp³-hybridized carbons (Fsp3) is 0.190. The highest BCUT2D eigenvalue weighted by atomic mass is 19.5. The first-order valence-electron chi connectivity index (χ1n) is 8.90. The number of aryl methyl sites for hydroxylation is 1. The Morgan fingerprint density at radius 3 is 1.78 bits per heavy atom. The van der Waals surface area contributed by atoms with Crippen molar-refractivity contribution in [3.63, 3.8) is 0 Å². The van der Waals surface area contributed by atoms with Crippen molar-refractivity contribution >= 4 is 7.25 Å². The van der Waals surface area contributed by atoms with Gasteiger partial charge in [-0.25, -0.2) is 0 Å². The van der Waals surface area contributed by atoms with Crippen LogP contribution in [-0.4, -0.2) is 7.25 Å². The van der Waals surface area contributed by atoms with Crippen LogP contribution in [0, 0.1) is 0 Å². The SMILES string of the molecule is CCCC[n+]1ccc(-c2ccccc2)cc1-c1ccccc1.F[B-](F)(F)F. The molecule has 2 aromatic carbocycles. The summed E-state index contributed by atoms with van der Waals surface area (Å²) in [4.78, 5) is 0. The van der Waals surface area contributed by atoms with E-state index in [1.165, 1.54) is 35.2 Å². The second-order valence-corrected chi connectivity index (χ2v) is 6.07. The Morgan fingerprint density at radius 1 is 0.741 bits per heavy atom. The topological polar surface area (TPSA) is 3.88 Å². The molecule has 6 heteroatoms. The summed E-state index contributed by atoms with van der Waals surface area (Å²) in [6, 6.07) is 25.8. The molecule has 0 bridgehead atoms. The highest BCUT2D eigenvalue weighted by Crippen LogP contribution is 2.23. The van der Waals surface area contributed by atoms with E-state index >= 15 is 0 Å². The van der Waals surface area contributed by atoms with E-state index in [0.29, 0.717) is 0 Å². The van der Waals surface area contributed by atoms with E-state index in [4.69, 9.17) is 0 Å². The summed E-state index contributed by atoms with van der Waals surface area (Å²) in [7, 11) is -6.00. The van der Waals surface area contributed by atoms with Crippen molar-refractivity contribution < 1.29 is 21.8 Å². The molecule has 142 valence electrons. The lowest BCUT2D eigenvalue weighted by atomic mass is 10.0. The summed E-state index contributed by atoms with van der Waals surface area (Å²) in [5.74, 6) is 0. The molecule has 1 nitrogen and oxygen atoms in total. The molecule has 0 N–H and O–H groups in total. The minimum atomic E-state index is -6.00. The van der Waals surface area contributed by atoms with Gasteiger partial charge in [0.05, 0.1) is 0 Å². The molecule has 0 amide bonds. The van der Waals surface area contributed by atoms with Gasteiger partial charge in [-0.05, 0) is 23.3 Å². The quantitative estimate of drug-likeness (QED) is 0.276. The first kappa shape index (κ1) is 20.7. The van der Waals surface area contributed by atoms with Crippen LogP contribution in [0.15, 0.2) is 79.0 Å². The van der Waals surface area contributed by atoms with E-state index < -0.39 is 7.25 Å². The Morgan fingerprint density at radius 2 is 1.26 bits per heavy atom. The van der Waals surface area contributed by atoms with Crippen molar-refractivity contribution in [3.05, 3.63) is 79.0 Å². The largest absolute Gasteiger partial charge is 0.673 e. The number of unbranched alkanes of at least 4 members (excludes halogenated alkanes) is 1. The second kappa shape index (κ2) is 9.90. The molecule has 0 saturated carbocycles. The zero-order chi connectivity index (χ0) is 19.7. The molecule has 27 heavy (non-hydrogen) atoms.